The second-order valence-corrected chi connectivity index (χ2v) is 2.47. The Morgan fingerprint density at radius 1 is 1.55 bits per heavy atom. The molecule has 62 valence electrons. The summed E-state index contributed by atoms with van der Waals surface area (Å²) in [4.78, 5) is 21.2. The SMILES string of the molecule is O=C(O)C1CNCC(O)C1=O. The van der Waals surface area contributed by atoms with Crippen molar-refractivity contribution in [1.29, 1.82) is 0 Å². The fourth-order valence-corrected chi connectivity index (χ4v) is 1.01. The van der Waals surface area contributed by atoms with E-state index in [1.807, 2.05) is 0 Å². The van der Waals surface area contributed by atoms with Gasteiger partial charge in [-0.1, -0.05) is 0 Å². The van der Waals surface area contributed by atoms with Gasteiger partial charge >= 0.3 is 5.97 Å². The number of carboxylic acids is 1. The summed E-state index contributed by atoms with van der Waals surface area (Å²) in [6.07, 6.45) is -1.16. The van der Waals surface area contributed by atoms with E-state index < -0.39 is 23.8 Å². The van der Waals surface area contributed by atoms with Crippen molar-refractivity contribution in [1.82, 2.24) is 5.32 Å². The highest BCUT2D eigenvalue weighted by molar-refractivity contribution is 6.01. The Balaban J connectivity index is 2.66. The van der Waals surface area contributed by atoms with E-state index >= 15 is 0 Å². The molecule has 2 unspecified atom stereocenters. The van der Waals surface area contributed by atoms with Crippen molar-refractivity contribution in [3.8, 4) is 0 Å². The molecule has 1 aliphatic rings. The number of aliphatic hydroxyl groups excluding tert-OH is 1. The van der Waals surface area contributed by atoms with E-state index in [-0.39, 0.29) is 13.1 Å². The lowest BCUT2D eigenvalue weighted by Crippen LogP contribution is -2.50. The van der Waals surface area contributed by atoms with Crippen LogP contribution in [0.5, 0.6) is 0 Å². The number of aliphatic hydroxyl groups is 1. The third kappa shape index (κ3) is 1.55. The zero-order chi connectivity index (χ0) is 8.43. The van der Waals surface area contributed by atoms with Crippen molar-refractivity contribution in [2.75, 3.05) is 13.1 Å². The van der Waals surface area contributed by atoms with Crippen LogP contribution in [0.15, 0.2) is 0 Å². The summed E-state index contributed by atoms with van der Waals surface area (Å²) < 4.78 is 0. The van der Waals surface area contributed by atoms with E-state index in [1.54, 1.807) is 0 Å². The highest BCUT2D eigenvalue weighted by Crippen LogP contribution is 2.05. The molecule has 5 nitrogen and oxygen atoms in total. The van der Waals surface area contributed by atoms with Gasteiger partial charge in [-0.15, -0.1) is 0 Å². The third-order valence-corrected chi connectivity index (χ3v) is 1.66. The Labute approximate surface area is 63.0 Å². The van der Waals surface area contributed by atoms with Gasteiger partial charge in [-0.3, -0.25) is 9.59 Å². The van der Waals surface area contributed by atoms with Crippen molar-refractivity contribution in [2.24, 2.45) is 5.92 Å². The molecule has 0 saturated carbocycles. The Bertz CT molecular complexity index is 191. The summed E-state index contributed by atoms with van der Waals surface area (Å²) >= 11 is 0. The molecule has 0 aromatic rings. The van der Waals surface area contributed by atoms with Crippen LogP contribution in [0, 0.1) is 5.92 Å². The normalized spacial score (nSPS) is 31.9. The molecule has 1 rings (SSSR count). The minimum absolute atomic E-state index is 0.116. The zero-order valence-electron chi connectivity index (χ0n) is 5.78. The number of β-amino-alcohol motifs (C(OH)–C–C–N with tert-alkyl or cyclic N) is 1. The summed E-state index contributed by atoms with van der Waals surface area (Å²) in [5.41, 5.74) is 0. The zero-order valence-corrected chi connectivity index (χ0v) is 5.78. The Kier molecular flexibility index (Phi) is 2.21. The summed E-state index contributed by atoms with van der Waals surface area (Å²) in [5, 5.41) is 20.0. The van der Waals surface area contributed by atoms with Crippen LogP contribution < -0.4 is 5.32 Å². The van der Waals surface area contributed by atoms with Crippen molar-refractivity contribution in [3.63, 3.8) is 0 Å². The molecule has 0 aromatic heterocycles. The van der Waals surface area contributed by atoms with Gasteiger partial charge in [0, 0.05) is 13.1 Å². The molecule has 3 N–H and O–H groups in total. The number of aliphatic carboxylic acids is 1. The van der Waals surface area contributed by atoms with Gasteiger partial charge in [0.15, 0.2) is 5.78 Å². The molecule has 5 heteroatoms. The molecule has 0 radical (unpaired) electrons. The average molecular weight is 159 g/mol. The van der Waals surface area contributed by atoms with Crippen molar-refractivity contribution < 1.29 is 19.8 Å². The molecule has 0 aliphatic carbocycles. The van der Waals surface area contributed by atoms with Crippen molar-refractivity contribution in [2.45, 2.75) is 6.10 Å². The van der Waals surface area contributed by atoms with Crippen LogP contribution >= 0.6 is 0 Å². The summed E-state index contributed by atoms with van der Waals surface area (Å²) in [5.74, 6) is -2.86. The van der Waals surface area contributed by atoms with Gasteiger partial charge in [0.2, 0.25) is 0 Å². The summed E-state index contributed by atoms with van der Waals surface area (Å²) in [7, 11) is 0. The molecule has 0 bridgehead atoms. The number of piperidine rings is 1. The minimum Gasteiger partial charge on any atom is -0.481 e. The number of rotatable bonds is 1. The largest absolute Gasteiger partial charge is 0.481 e. The number of Topliss-reactive ketones (excluding diaryl/α,β-unsaturated/α-hetero) is 1. The van der Waals surface area contributed by atoms with Gasteiger partial charge in [0.25, 0.3) is 0 Å². The molecule has 0 aromatic carbocycles. The number of hydrogen-bond donors (Lipinski definition) is 3. The summed E-state index contributed by atoms with van der Waals surface area (Å²) in [6, 6.07) is 0. The number of carboxylic acid groups (broad SMARTS) is 1. The van der Waals surface area contributed by atoms with E-state index in [0.29, 0.717) is 0 Å². The van der Waals surface area contributed by atoms with E-state index in [9.17, 15) is 9.59 Å². The maximum atomic E-state index is 10.9. The fourth-order valence-electron chi connectivity index (χ4n) is 1.01. The predicted octanol–water partition coefficient (Wildman–Crippen LogP) is -1.78. The van der Waals surface area contributed by atoms with Crippen LogP contribution in [0.1, 0.15) is 0 Å². The number of nitrogens with one attached hydrogen (secondary N) is 1. The molecule has 1 aliphatic heterocycles. The van der Waals surface area contributed by atoms with Gasteiger partial charge in [0.05, 0.1) is 0 Å². The quantitative estimate of drug-likeness (QED) is 0.394. The van der Waals surface area contributed by atoms with Crippen LogP contribution in [-0.4, -0.2) is 41.2 Å². The molecule has 1 heterocycles. The molecule has 0 amide bonds. The number of carbonyl (C=O) groups excluding carboxylic acids is 1. The molecule has 1 fully saturated rings. The number of hydrogen-bond acceptors (Lipinski definition) is 4. The second kappa shape index (κ2) is 2.98. The molecule has 0 spiro atoms. The number of ketones is 1. The first kappa shape index (κ1) is 8.16. The van der Waals surface area contributed by atoms with Crippen LogP contribution in [0.2, 0.25) is 0 Å². The first-order valence-electron chi connectivity index (χ1n) is 3.28. The fraction of sp³-hybridized carbons (Fsp3) is 0.667. The maximum absolute atomic E-state index is 10.9. The van der Waals surface area contributed by atoms with Crippen LogP contribution in [-0.2, 0) is 9.59 Å². The standard InChI is InChI=1S/C6H9NO4/c8-4-2-7-1-3(5(4)9)6(10)11/h3-4,7-8H,1-2H2,(H,10,11). The molecular formula is C6H9NO4. The van der Waals surface area contributed by atoms with Gasteiger partial charge in [0.1, 0.15) is 12.0 Å². The maximum Gasteiger partial charge on any atom is 0.315 e. The lowest BCUT2D eigenvalue weighted by Gasteiger charge is -2.22. The lowest BCUT2D eigenvalue weighted by atomic mass is 9.96. The second-order valence-electron chi connectivity index (χ2n) is 2.47. The van der Waals surface area contributed by atoms with Crippen LogP contribution in [0.25, 0.3) is 0 Å². The van der Waals surface area contributed by atoms with E-state index in [4.69, 9.17) is 10.2 Å². The highest BCUT2D eigenvalue weighted by atomic mass is 16.4. The average Bonchev–Trinajstić information content (AvgIpc) is 1.94. The van der Waals surface area contributed by atoms with E-state index in [1.165, 1.54) is 0 Å². The van der Waals surface area contributed by atoms with Gasteiger partial charge in [-0.2, -0.15) is 0 Å². The van der Waals surface area contributed by atoms with Gasteiger partial charge in [-0.05, 0) is 0 Å². The Morgan fingerprint density at radius 2 is 2.18 bits per heavy atom. The first-order valence-corrected chi connectivity index (χ1v) is 3.28. The lowest BCUT2D eigenvalue weighted by molar-refractivity contribution is -0.150. The highest BCUT2D eigenvalue weighted by Gasteiger charge is 2.34. The van der Waals surface area contributed by atoms with E-state index in [0.717, 1.165) is 0 Å². The third-order valence-electron chi connectivity index (χ3n) is 1.66. The Hall–Kier alpha value is -0.940. The predicted molar refractivity (Wildman–Crippen MR) is 35.0 cm³/mol. The topological polar surface area (TPSA) is 86.6 Å². The van der Waals surface area contributed by atoms with Crippen LogP contribution in [0.3, 0.4) is 0 Å². The van der Waals surface area contributed by atoms with Crippen molar-refractivity contribution >= 4 is 11.8 Å². The molecule has 2 atom stereocenters. The van der Waals surface area contributed by atoms with E-state index in [2.05, 4.69) is 5.32 Å². The molecule has 1 saturated heterocycles. The minimum atomic E-state index is -1.18. The smallest absolute Gasteiger partial charge is 0.315 e. The Morgan fingerprint density at radius 3 is 2.64 bits per heavy atom. The first-order chi connectivity index (χ1) is 5.13. The van der Waals surface area contributed by atoms with Crippen LogP contribution in [0.4, 0.5) is 0 Å². The van der Waals surface area contributed by atoms with Gasteiger partial charge in [-0.25, -0.2) is 0 Å². The number of carbonyl (C=O) groups is 2. The van der Waals surface area contributed by atoms with Crippen molar-refractivity contribution in [3.05, 3.63) is 0 Å². The molecular weight excluding hydrogens is 150 g/mol. The molecule has 11 heavy (non-hydrogen) atoms. The van der Waals surface area contributed by atoms with Gasteiger partial charge < -0.3 is 15.5 Å². The summed E-state index contributed by atoms with van der Waals surface area (Å²) in [6.45, 7) is 0.272. The monoisotopic (exact) mass is 159 g/mol.